The molecule has 2 aromatic carbocycles. The van der Waals surface area contributed by atoms with Gasteiger partial charge in [0.05, 0.1) is 23.1 Å². The van der Waals surface area contributed by atoms with Crippen LogP contribution in [-0.2, 0) is 26.1 Å². The van der Waals surface area contributed by atoms with Crippen LogP contribution in [0, 0.1) is 11.8 Å². The molecule has 4 heterocycles. The number of nitrogens with one attached hydrogen (secondary N) is 1. The van der Waals surface area contributed by atoms with E-state index in [0.717, 1.165) is 18.6 Å². The summed E-state index contributed by atoms with van der Waals surface area (Å²) in [5.74, 6) is -3.76. The average Bonchev–Trinajstić information content (AvgIpc) is 3.45. The molecule has 0 aromatic heterocycles. The number of imide groups is 1. The number of carbonyl (C=O) groups excluding carboxylic acids is 3. The predicted molar refractivity (Wildman–Crippen MR) is 107 cm³/mol. The Morgan fingerprint density at radius 2 is 1.69 bits per heavy atom. The SMILES string of the molecule is O=C1[C@H]2[C@@H](C(=O)N1c1ccccc1C(F)(F)F)[C@]1(C(=O)Nc3ccccc31)N1CCC[C@@H]21. The lowest BCUT2D eigenvalue weighted by Crippen LogP contribution is -2.54. The standard InChI is InChI=1S/C23H18F3N3O3/c24-23(25,26)13-7-2-4-9-15(13)29-19(30)17-16-10-5-11-28(16)22(18(17)20(29)31)12-6-1-3-8-14(12)27-21(22)32/h1-4,6-9,16-18H,5,10-11H2,(H,27,32)/t16-,17+,18-,22+/m0/s1. The second-order valence-corrected chi connectivity index (χ2v) is 8.70. The van der Waals surface area contributed by atoms with Crippen LogP contribution in [0.1, 0.15) is 24.0 Å². The summed E-state index contributed by atoms with van der Waals surface area (Å²) in [6.07, 6.45) is -3.39. The first-order valence-corrected chi connectivity index (χ1v) is 10.5. The number of halogens is 3. The van der Waals surface area contributed by atoms with Gasteiger partial charge in [-0.1, -0.05) is 30.3 Å². The topological polar surface area (TPSA) is 69.7 Å². The van der Waals surface area contributed by atoms with E-state index in [0.29, 0.717) is 29.1 Å². The van der Waals surface area contributed by atoms with Crippen LogP contribution in [0.3, 0.4) is 0 Å². The van der Waals surface area contributed by atoms with Crippen LogP contribution in [0.5, 0.6) is 0 Å². The van der Waals surface area contributed by atoms with Crippen molar-refractivity contribution in [1.29, 1.82) is 0 Å². The van der Waals surface area contributed by atoms with E-state index in [1.54, 1.807) is 24.3 Å². The lowest BCUT2D eigenvalue weighted by atomic mass is 9.75. The number of carbonyl (C=O) groups is 3. The van der Waals surface area contributed by atoms with Gasteiger partial charge in [0.25, 0.3) is 0 Å². The van der Waals surface area contributed by atoms with Gasteiger partial charge in [-0.2, -0.15) is 13.2 Å². The van der Waals surface area contributed by atoms with Gasteiger partial charge in [0.15, 0.2) is 0 Å². The highest BCUT2D eigenvalue weighted by Gasteiger charge is 2.74. The zero-order valence-corrected chi connectivity index (χ0v) is 16.7. The Kier molecular flexibility index (Phi) is 3.77. The molecule has 6 nitrogen and oxygen atoms in total. The molecule has 1 N–H and O–H groups in total. The van der Waals surface area contributed by atoms with Crippen molar-refractivity contribution in [2.45, 2.75) is 30.6 Å². The van der Waals surface area contributed by atoms with Crippen LogP contribution in [0.25, 0.3) is 0 Å². The number of hydrogen-bond donors (Lipinski definition) is 1. The third-order valence-electron chi connectivity index (χ3n) is 7.35. The highest BCUT2D eigenvalue weighted by atomic mass is 19.4. The minimum atomic E-state index is -4.73. The first kappa shape index (κ1) is 19.5. The summed E-state index contributed by atoms with van der Waals surface area (Å²) in [5.41, 5.74) is -1.74. The smallest absolute Gasteiger partial charge is 0.324 e. The number of fused-ring (bicyclic) bond motifs is 7. The molecule has 0 saturated carbocycles. The fraction of sp³-hybridized carbons (Fsp3) is 0.348. The molecule has 4 atom stereocenters. The van der Waals surface area contributed by atoms with Gasteiger partial charge in [0.1, 0.15) is 5.54 Å². The van der Waals surface area contributed by atoms with Crippen molar-refractivity contribution in [3.8, 4) is 0 Å². The van der Waals surface area contributed by atoms with Crippen molar-refractivity contribution in [3.63, 3.8) is 0 Å². The molecule has 4 aliphatic rings. The van der Waals surface area contributed by atoms with Crippen LogP contribution in [0.4, 0.5) is 24.5 Å². The van der Waals surface area contributed by atoms with Gasteiger partial charge in [0.2, 0.25) is 17.7 Å². The Morgan fingerprint density at radius 3 is 2.47 bits per heavy atom. The third kappa shape index (κ3) is 2.16. The maximum atomic E-state index is 13.8. The van der Waals surface area contributed by atoms with Crippen LogP contribution in [0.15, 0.2) is 48.5 Å². The molecule has 3 amide bonds. The third-order valence-corrected chi connectivity index (χ3v) is 7.35. The summed E-state index contributed by atoms with van der Waals surface area (Å²) >= 11 is 0. The lowest BCUT2D eigenvalue weighted by molar-refractivity contribution is -0.138. The van der Waals surface area contributed by atoms with Crippen molar-refractivity contribution in [2.75, 3.05) is 16.8 Å². The molecule has 0 radical (unpaired) electrons. The minimum absolute atomic E-state index is 0.378. The molecule has 32 heavy (non-hydrogen) atoms. The molecule has 2 aromatic rings. The summed E-state index contributed by atoms with van der Waals surface area (Å²) in [6.45, 7) is 0.541. The first-order valence-electron chi connectivity index (χ1n) is 10.5. The van der Waals surface area contributed by atoms with E-state index >= 15 is 0 Å². The van der Waals surface area contributed by atoms with Crippen molar-refractivity contribution >= 4 is 29.1 Å². The number of amides is 3. The van der Waals surface area contributed by atoms with E-state index in [1.165, 1.54) is 12.1 Å². The van der Waals surface area contributed by atoms with Crippen LogP contribution < -0.4 is 10.2 Å². The summed E-state index contributed by atoms with van der Waals surface area (Å²) in [4.78, 5) is 43.4. The highest BCUT2D eigenvalue weighted by molar-refractivity contribution is 6.26. The van der Waals surface area contributed by atoms with Gasteiger partial charge < -0.3 is 5.32 Å². The summed E-state index contributed by atoms with van der Waals surface area (Å²) in [5, 5.41) is 2.84. The van der Waals surface area contributed by atoms with E-state index in [1.807, 2.05) is 4.90 Å². The normalized spacial score (nSPS) is 31.3. The van der Waals surface area contributed by atoms with Crippen molar-refractivity contribution in [1.82, 2.24) is 4.90 Å². The molecule has 6 rings (SSSR count). The highest BCUT2D eigenvalue weighted by Crippen LogP contribution is 2.61. The molecule has 164 valence electrons. The molecular weight excluding hydrogens is 423 g/mol. The summed E-state index contributed by atoms with van der Waals surface area (Å²) < 4.78 is 41.1. The number of alkyl halides is 3. The fourth-order valence-electron chi connectivity index (χ4n) is 6.30. The van der Waals surface area contributed by atoms with Gasteiger partial charge in [-0.15, -0.1) is 0 Å². The van der Waals surface area contributed by atoms with E-state index < -0.39 is 52.5 Å². The van der Waals surface area contributed by atoms with Crippen molar-refractivity contribution in [2.24, 2.45) is 11.8 Å². The van der Waals surface area contributed by atoms with Crippen molar-refractivity contribution in [3.05, 3.63) is 59.7 Å². The van der Waals surface area contributed by atoms with Crippen LogP contribution in [0.2, 0.25) is 0 Å². The average molecular weight is 441 g/mol. The Balaban J connectivity index is 1.56. The molecule has 0 unspecified atom stereocenters. The van der Waals surface area contributed by atoms with Gasteiger partial charge in [-0.3, -0.25) is 19.3 Å². The second-order valence-electron chi connectivity index (χ2n) is 8.70. The van der Waals surface area contributed by atoms with Gasteiger partial charge in [-0.05, 0) is 37.6 Å². The number of nitrogens with zero attached hydrogens (tertiary/aromatic N) is 2. The first-order chi connectivity index (χ1) is 15.3. The summed E-state index contributed by atoms with van der Waals surface area (Å²) in [6, 6.07) is 11.2. The number of benzene rings is 2. The zero-order valence-electron chi connectivity index (χ0n) is 16.7. The lowest BCUT2D eigenvalue weighted by Gasteiger charge is -2.36. The number of anilines is 2. The Hall–Kier alpha value is -3.20. The Bertz CT molecular complexity index is 1200. The number of rotatable bonds is 1. The van der Waals surface area contributed by atoms with Crippen LogP contribution in [-0.4, -0.2) is 35.2 Å². The van der Waals surface area contributed by atoms with Crippen molar-refractivity contribution < 1.29 is 27.6 Å². The molecule has 1 spiro atoms. The van der Waals surface area contributed by atoms with Gasteiger partial charge in [0, 0.05) is 17.3 Å². The van der Waals surface area contributed by atoms with E-state index in [9.17, 15) is 27.6 Å². The second kappa shape index (κ2) is 6.19. The molecule has 3 fully saturated rings. The minimum Gasteiger partial charge on any atom is -0.324 e. The molecule has 9 heteroatoms. The quantitative estimate of drug-likeness (QED) is 0.691. The van der Waals surface area contributed by atoms with Gasteiger partial charge >= 0.3 is 6.18 Å². The zero-order chi connectivity index (χ0) is 22.4. The number of hydrogen-bond acceptors (Lipinski definition) is 4. The molecule has 0 aliphatic carbocycles. The predicted octanol–water partition coefficient (Wildman–Crippen LogP) is 3.14. The van der Waals surface area contributed by atoms with Crippen LogP contribution >= 0.6 is 0 Å². The fourth-order valence-corrected chi connectivity index (χ4v) is 6.30. The number of para-hydroxylation sites is 2. The molecular formula is C23H18F3N3O3. The van der Waals surface area contributed by atoms with E-state index in [-0.39, 0.29) is 6.04 Å². The monoisotopic (exact) mass is 441 g/mol. The Morgan fingerprint density at radius 1 is 0.969 bits per heavy atom. The largest absolute Gasteiger partial charge is 0.418 e. The maximum Gasteiger partial charge on any atom is 0.418 e. The van der Waals surface area contributed by atoms with E-state index in [4.69, 9.17) is 0 Å². The Labute approximate surface area is 181 Å². The maximum absolute atomic E-state index is 13.8. The molecule has 3 saturated heterocycles. The van der Waals surface area contributed by atoms with E-state index in [2.05, 4.69) is 5.32 Å². The summed E-state index contributed by atoms with van der Waals surface area (Å²) in [7, 11) is 0. The molecule has 0 bridgehead atoms. The molecule has 4 aliphatic heterocycles. The van der Waals surface area contributed by atoms with Gasteiger partial charge in [-0.25, -0.2) is 4.90 Å².